The molecule has 8 nitrogen and oxygen atoms in total. The smallest absolute Gasteiger partial charge is 0.344 e. The molecule has 0 radical (unpaired) electrons. The lowest BCUT2D eigenvalue weighted by Gasteiger charge is -2.05. The summed E-state index contributed by atoms with van der Waals surface area (Å²) in [6.45, 7) is 1.59. The summed E-state index contributed by atoms with van der Waals surface area (Å²) >= 11 is 0.985. The van der Waals surface area contributed by atoms with Gasteiger partial charge in [-0.25, -0.2) is 9.89 Å². The van der Waals surface area contributed by atoms with Crippen molar-refractivity contribution in [3.63, 3.8) is 0 Å². The normalized spacial score (nSPS) is 10.7. The van der Waals surface area contributed by atoms with Crippen molar-refractivity contribution >= 4 is 17.7 Å². The molecule has 1 aromatic rings. The molecule has 0 aromatic carbocycles. The lowest BCUT2D eigenvalue weighted by atomic mass is 10.6. The van der Waals surface area contributed by atoms with E-state index in [4.69, 9.17) is 14.6 Å². The van der Waals surface area contributed by atoms with Crippen LogP contribution in [0.3, 0.4) is 0 Å². The van der Waals surface area contributed by atoms with Gasteiger partial charge in [-0.2, -0.15) is 0 Å². The number of aromatic amines is 1. The average molecular weight is 277 g/mol. The molecule has 0 saturated heterocycles. The third kappa shape index (κ3) is 4.90. The third-order valence-corrected chi connectivity index (χ3v) is 2.90. The van der Waals surface area contributed by atoms with Crippen LogP contribution in [0.1, 0.15) is 0 Å². The summed E-state index contributed by atoms with van der Waals surface area (Å²) in [5.74, 6) is -1.10. The predicted octanol–water partition coefficient (Wildman–Crippen LogP) is -0.589. The molecule has 0 aliphatic carbocycles. The molecule has 0 amide bonds. The number of carbonyl (C=O) groups is 1. The van der Waals surface area contributed by atoms with Crippen LogP contribution in [0.15, 0.2) is 9.95 Å². The van der Waals surface area contributed by atoms with Crippen molar-refractivity contribution < 1.29 is 19.4 Å². The maximum atomic E-state index is 11.4. The number of methoxy groups -OCH3 is 1. The minimum atomic E-state index is -0.960. The van der Waals surface area contributed by atoms with E-state index >= 15 is 0 Å². The molecule has 0 unspecified atom stereocenters. The number of hydrogen-bond donors (Lipinski definition) is 2. The molecule has 9 heteroatoms. The number of rotatable bonds is 9. The summed E-state index contributed by atoms with van der Waals surface area (Å²) in [5, 5.41) is 14.9. The topological polar surface area (TPSA) is 106 Å². The monoisotopic (exact) mass is 277 g/mol. The van der Waals surface area contributed by atoms with Gasteiger partial charge in [0.15, 0.2) is 5.16 Å². The van der Waals surface area contributed by atoms with E-state index in [1.54, 1.807) is 7.11 Å². The van der Waals surface area contributed by atoms with Crippen LogP contribution in [0.4, 0.5) is 0 Å². The molecule has 1 heterocycles. The van der Waals surface area contributed by atoms with Gasteiger partial charge < -0.3 is 14.6 Å². The highest BCUT2D eigenvalue weighted by molar-refractivity contribution is 7.99. The Morgan fingerprint density at radius 2 is 2.28 bits per heavy atom. The Kier molecular flexibility index (Phi) is 6.47. The highest BCUT2D eigenvalue weighted by Gasteiger charge is 2.10. The number of aromatic nitrogens is 3. The molecule has 0 bridgehead atoms. The van der Waals surface area contributed by atoms with E-state index in [1.165, 1.54) is 4.57 Å². The van der Waals surface area contributed by atoms with E-state index < -0.39 is 5.97 Å². The highest BCUT2D eigenvalue weighted by atomic mass is 32.2. The third-order valence-electron chi connectivity index (χ3n) is 1.94. The van der Waals surface area contributed by atoms with Gasteiger partial charge in [-0.3, -0.25) is 9.36 Å². The number of carboxylic acids is 1. The van der Waals surface area contributed by atoms with E-state index in [1.807, 2.05) is 0 Å². The maximum Gasteiger partial charge on any atom is 0.344 e. The van der Waals surface area contributed by atoms with Gasteiger partial charge in [-0.15, -0.1) is 5.10 Å². The van der Waals surface area contributed by atoms with E-state index in [9.17, 15) is 9.59 Å². The first kappa shape index (κ1) is 14.7. The van der Waals surface area contributed by atoms with Crippen molar-refractivity contribution in [2.24, 2.45) is 0 Å². The van der Waals surface area contributed by atoms with Crippen molar-refractivity contribution in [2.75, 3.05) is 32.7 Å². The minimum Gasteiger partial charge on any atom is -0.481 e. The summed E-state index contributed by atoms with van der Waals surface area (Å²) in [6.07, 6.45) is 0. The Bertz CT molecular complexity index is 430. The fraction of sp³-hybridized carbons (Fsp3) is 0.667. The minimum absolute atomic E-state index is 0.144. The van der Waals surface area contributed by atoms with Crippen LogP contribution in [0.25, 0.3) is 0 Å². The molecule has 0 atom stereocenters. The molecule has 2 N–H and O–H groups in total. The van der Waals surface area contributed by atoms with Gasteiger partial charge in [0.25, 0.3) is 0 Å². The second-order valence-corrected chi connectivity index (χ2v) is 4.19. The van der Waals surface area contributed by atoms with Gasteiger partial charge in [-0.05, 0) is 0 Å². The Labute approximate surface area is 107 Å². The largest absolute Gasteiger partial charge is 0.481 e. The molecular formula is C9H15N3O5S. The number of hydrogen-bond acceptors (Lipinski definition) is 6. The van der Waals surface area contributed by atoms with Crippen molar-refractivity contribution in [1.82, 2.24) is 14.8 Å². The second-order valence-electron chi connectivity index (χ2n) is 3.25. The molecule has 0 fully saturated rings. The zero-order valence-corrected chi connectivity index (χ0v) is 10.7. The van der Waals surface area contributed by atoms with Crippen LogP contribution in [-0.4, -0.2) is 58.5 Å². The summed E-state index contributed by atoms with van der Waals surface area (Å²) in [7, 11) is 1.57. The van der Waals surface area contributed by atoms with Crippen molar-refractivity contribution in [2.45, 2.75) is 11.7 Å². The van der Waals surface area contributed by atoms with Crippen LogP contribution in [0.2, 0.25) is 0 Å². The number of thioether (sulfide) groups is 1. The number of carboxylic acid groups (broad SMARTS) is 1. The lowest BCUT2D eigenvalue weighted by Crippen LogP contribution is -2.21. The second kappa shape index (κ2) is 7.90. The van der Waals surface area contributed by atoms with Crippen LogP contribution in [0, 0.1) is 0 Å². The van der Waals surface area contributed by atoms with Crippen molar-refractivity contribution in [3.05, 3.63) is 10.5 Å². The maximum absolute atomic E-state index is 11.4. The van der Waals surface area contributed by atoms with Crippen LogP contribution < -0.4 is 5.69 Å². The fourth-order valence-electron chi connectivity index (χ4n) is 1.14. The molecular weight excluding hydrogens is 262 g/mol. The van der Waals surface area contributed by atoms with E-state index in [2.05, 4.69) is 10.2 Å². The highest BCUT2D eigenvalue weighted by Crippen LogP contribution is 2.12. The Morgan fingerprint density at radius 1 is 1.50 bits per heavy atom. The van der Waals surface area contributed by atoms with Gasteiger partial charge in [-0.1, -0.05) is 11.8 Å². The summed E-state index contributed by atoms with van der Waals surface area (Å²) in [6, 6.07) is 0. The first-order valence-corrected chi connectivity index (χ1v) is 6.20. The predicted molar refractivity (Wildman–Crippen MR) is 63.9 cm³/mol. The van der Waals surface area contributed by atoms with Crippen molar-refractivity contribution in [3.8, 4) is 0 Å². The Balaban J connectivity index is 2.45. The van der Waals surface area contributed by atoms with E-state index in [0.29, 0.717) is 31.5 Å². The molecule has 0 aliphatic heterocycles. The van der Waals surface area contributed by atoms with Crippen molar-refractivity contribution in [1.29, 1.82) is 0 Å². The molecule has 1 rings (SSSR count). The zero-order chi connectivity index (χ0) is 13.4. The molecule has 102 valence electrons. The zero-order valence-electron chi connectivity index (χ0n) is 9.92. The molecule has 0 saturated carbocycles. The van der Waals surface area contributed by atoms with E-state index in [0.717, 1.165) is 11.8 Å². The number of nitrogens with one attached hydrogen (secondary N) is 1. The van der Waals surface area contributed by atoms with Gasteiger partial charge in [0.2, 0.25) is 0 Å². The molecule has 0 aliphatic rings. The number of H-pyrrole nitrogens is 1. The quantitative estimate of drug-likeness (QED) is 0.459. The standard InChI is InChI=1S/C9H15N3O5S/c1-16-4-5-17-3-2-12-8(15)10-11-9(12)18-6-7(13)14/h2-6H2,1H3,(H,10,15)(H,13,14). The van der Waals surface area contributed by atoms with Crippen LogP contribution in [-0.2, 0) is 20.8 Å². The number of ether oxygens (including phenoxy) is 2. The van der Waals surface area contributed by atoms with Gasteiger partial charge >= 0.3 is 11.7 Å². The SMILES string of the molecule is COCCOCCn1c(SCC(=O)O)n[nH]c1=O. The molecule has 0 spiro atoms. The van der Waals surface area contributed by atoms with Gasteiger partial charge in [0, 0.05) is 7.11 Å². The molecule has 18 heavy (non-hydrogen) atoms. The van der Waals surface area contributed by atoms with Crippen LogP contribution >= 0.6 is 11.8 Å². The Hall–Kier alpha value is -1.32. The van der Waals surface area contributed by atoms with Gasteiger partial charge in [0.05, 0.1) is 32.1 Å². The summed E-state index contributed by atoms with van der Waals surface area (Å²) in [5.41, 5.74) is -0.377. The Morgan fingerprint density at radius 3 is 2.94 bits per heavy atom. The number of nitrogens with zero attached hydrogens (tertiary/aromatic N) is 2. The van der Waals surface area contributed by atoms with Crippen LogP contribution in [0.5, 0.6) is 0 Å². The first-order valence-electron chi connectivity index (χ1n) is 5.21. The number of aliphatic carboxylic acids is 1. The van der Waals surface area contributed by atoms with Gasteiger partial charge in [0.1, 0.15) is 0 Å². The molecule has 1 aromatic heterocycles. The van der Waals surface area contributed by atoms with E-state index in [-0.39, 0.29) is 11.4 Å². The summed E-state index contributed by atoms with van der Waals surface area (Å²) in [4.78, 5) is 21.8. The average Bonchev–Trinajstić information content (AvgIpc) is 2.68. The lowest BCUT2D eigenvalue weighted by molar-refractivity contribution is -0.133. The summed E-state index contributed by atoms with van der Waals surface area (Å²) < 4.78 is 11.4. The fourth-order valence-corrected chi connectivity index (χ4v) is 1.83. The first-order chi connectivity index (χ1) is 8.65.